The van der Waals surface area contributed by atoms with Crippen molar-refractivity contribution in [2.75, 3.05) is 26.2 Å². The van der Waals surface area contributed by atoms with Gasteiger partial charge < -0.3 is 9.42 Å². The van der Waals surface area contributed by atoms with Gasteiger partial charge in [0.15, 0.2) is 5.58 Å². The van der Waals surface area contributed by atoms with Gasteiger partial charge in [-0.3, -0.25) is 0 Å². The summed E-state index contributed by atoms with van der Waals surface area (Å²) in [7, 11) is -3.51. The fourth-order valence-electron chi connectivity index (χ4n) is 3.86. The Morgan fingerprint density at radius 2 is 1.90 bits per heavy atom. The summed E-state index contributed by atoms with van der Waals surface area (Å²) in [6.07, 6.45) is 2.61. The first-order chi connectivity index (χ1) is 14.4. The van der Waals surface area contributed by atoms with Gasteiger partial charge in [-0.1, -0.05) is 16.8 Å². The van der Waals surface area contributed by atoms with E-state index in [9.17, 15) is 12.8 Å². The molecule has 2 heterocycles. The molecule has 0 bridgehead atoms. The lowest BCUT2D eigenvalue weighted by Gasteiger charge is -2.31. The van der Waals surface area contributed by atoms with Gasteiger partial charge in [0.1, 0.15) is 5.82 Å². The first-order valence-electron chi connectivity index (χ1n) is 9.95. The Hall–Kier alpha value is -2.00. The van der Waals surface area contributed by atoms with Gasteiger partial charge in [0.2, 0.25) is 10.0 Å². The molecule has 0 spiro atoms. The Morgan fingerprint density at radius 1 is 1.17 bits per heavy atom. The van der Waals surface area contributed by atoms with Gasteiger partial charge >= 0.3 is 0 Å². The zero-order valence-electron chi connectivity index (χ0n) is 16.4. The molecule has 3 aromatic rings. The van der Waals surface area contributed by atoms with Crippen LogP contribution >= 0.6 is 11.6 Å². The summed E-state index contributed by atoms with van der Waals surface area (Å²) in [6.45, 7) is 3.01. The van der Waals surface area contributed by atoms with Crippen LogP contribution in [0.1, 0.15) is 30.9 Å². The smallest absolute Gasteiger partial charge is 0.240 e. The molecule has 160 valence electrons. The first-order valence-corrected chi connectivity index (χ1v) is 11.8. The zero-order chi connectivity index (χ0) is 21.1. The summed E-state index contributed by atoms with van der Waals surface area (Å²) in [5, 5.41) is 5.56. The molecule has 2 aromatic carbocycles. The van der Waals surface area contributed by atoms with Crippen LogP contribution in [0.25, 0.3) is 11.0 Å². The highest BCUT2D eigenvalue weighted by Crippen LogP contribution is 2.32. The molecule has 1 saturated heterocycles. The summed E-state index contributed by atoms with van der Waals surface area (Å²) < 4.78 is 45.8. The molecule has 1 aliphatic rings. The molecule has 0 aliphatic carbocycles. The SMILES string of the molecule is O=S(=O)(NCCCN1CCC(c2noc3cc(F)ccc23)CC1)c1ccc(Cl)cc1. The summed E-state index contributed by atoms with van der Waals surface area (Å²) in [5.74, 6) is -0.0388. The number of rotatable bonds is 7. The van der Waals surface area contributed by atoms with Crippen molar-refractivity contribution < 1.29 is 17.3 Å². The number of nitrogens with one attached hydrogen (secondary N) is 1. The minimum Gasteiger partial charge on any atom is -0.356 e. The fourth-order valence-corrected chi connectivity index (χ4v) is 5.06. The zero-order valence-corrected chi connectivity index (χ0v) is 17.9. The van der Waals surface area contributed by atoms with Crippen molar-refractivity contribution in [3.63, 3.8) is 0 Å². The molecule has 30 heavy (non-hydrogen) atoms. The highest BCUT2D eigenvalue weighted by Gasteiger charge is 2.25. The van der Waals surface area contributed by atoms with Gasteiger partial charge in [0, 0.05) is 28.9 Å². The molecule has 1 aromatic heterocycles. The number of fused-ring (bicyclic) bond motifs is 1. The van der Waals surface area contributed by atoms with Crippen LogP contribution < -0.4 is 4.72 Å². The molecule has 0 saturated carbocycles. The number of benzene rings is 2. The molecular weight excluding hydrogens is 429 g/mol. The van der Waals surface area contributed by atoms with E-state index in [1.165, 1.54) is 24.3 Å². The predicted molar refractivity (Wildman–Crippen MR) is 114 cm³/mol. The maximum atomic E-state index is 13.3. The van der Waals surface area contributed by atoms with Crippen LogP contribution in [0, 0.1) is 5.82 Å². The van der Waals surface area contributed by atoms with E-state index in [4.69, 9.17) is 16.1 Å². The third-order valence-electron chi connectivity index (χ3n) is 5.50. The molecule has 1 fully saturated rings. The van der Waals surface area contributed by atoms with Gasteiger partial charge in [-0.2, -0.15) is 0 Å². The number of piperidine rings is 1. The quantitative estimate of drug-likeness (QED) is 0.546. The third kappa shape index (κ3) is 4.83. The number of hydrogen-bond donors (Lipinski definition) is 1. The van der Waals surface area contributed by atoms with Crippen LogP contribution in [0.4, 0.5) is 4.39 Å². The number of nitrogens with zero attached hydrogens (tertiary/aromatic N) is 2. The van der Waals surface area contributed by atoms with Gasteiger partial charge in [-0.25, -0.2) is 17.5 Å². The second kappa shape index (κ2) is 9.01. The molecule has 9 heteroatoms. The van der Waals surface area contributed by atoms with Crippen LogP contribution in [0.2, 0.25) is 5.02 Å². The predicted octanol–water partition coefficient (Wildman–Crippen LogP) is 4.17. The first kappa shape index (κ1) is 21.2. The summed E-state index contributed by atoms with van der Waals surface area (Å²) in [4.78, 5) is 2.54. The third-order valence-corrected chi connectivity index (χ3v) is 7.23. The van der Waals surface area contributed by atoms with Crippen LogP contribution in [-0.4, -0.2) is 44.7 Å². The van der Waals surface area contributed by atoms with Crippen LogP contribution in [0.3, 0.4) is 0 Å². The van der Waals surface area contributed by atoms with Crippen LogP contribution in [0.5, 0.6) is 0 Å². The topological polar surface area (TPSA) is 75.4 Å². The van der Waals surface area contributed by atoms with Gasteiger partial charge in [0.05, 0.1) is 10.6 Å². The van der Waals surface area contributed by atoms with E-state index >= 15 is 0 Å². The molecule has 0 radical (unpaired) electrons. The lowest BCUT2D eigenvalue weighted by molar-refractivity contribution is 0.208. The minimum absolute atomic E-state index is 0.215. The van der Waals surface area contributed by atoms with E-state index in [2.05, 4.69) is 14.8 Å². The van der Waals surface area contributed by atoms with Crippen molar-refractivity contribution in [1.29, 1.82) is 0 Å². The van der Waals surface area contributed by atoms with Crippen molar-refractivity contribution in [3.8, 4) is 0 Å². The Balaban J connectivity index is 1.24. The number of sulfonamides is 1. The largest absolute Gasteiger partial charge is 0.356 e. The highest BCUT2D eigenvalue weighted by atomic mass is 35.5. The summed E-state index contributed by atoms with van der Waals surface area (Å²) in [6, 6.07) is 10.7. The molecule has 0 unspecified atom stereocenters. The van der Waals surface area contributed by atoms with Crippen molar-refractivity contribution in [3.05, 3.63) is 59.0 Å². The average molecular weight is 452 g/mol. The molecule has 1 aliphatic heterocycles. The van der Waals surface area contributed by atoms with Crippen molar-refractivity contribution in [2.24, 2.45) is 0 Å². The normalized spacial score (nSPS) is 16.3. The van der Waals surface area contributed by atoms with Crippen molar-refractivity contribution in [2.45, 2.75) is 30.1 Å². The highest BCUT2D eigenvalue weighted by molar-refractivity contribution is 7.89. The monoisotopic (exact) mass is 451 g/mol. The minimum atomic E-state index is -3.51. The van der Waals surface area contributed by atoms with Crippen molar-refractivity contribution >= 4 is 32.6 Å². The number of hydrogen-bond acceptors (Lipinski definition) is 5. The lowest BCUT2D eigenvalue weighted by Crippen LogP contribution is -2.35. The Kier molecular flexibility index (Phi) is 6.38. The van der Waals surface area contributed by atoms with E-state index in [1.807, 2.05) is 0 Å². The maximum absolute atomic E-state index is 13.3. The van der Waals surface area contributed by atoms with E-state index in [0.29, 0.717) is 17.2 Å². The molecule has 4 rings (SSSR count). The second-order valence-electron chi connectivity index (χ2n) is 7.53. The number of halogens is 2. The second-order valence-corrected chi connectivity index (χ2v) is 9.73. The van der Waals surface area contributed by atoms with E-state index in [0.717, 1.165) is 50.0 Å². The van der Waals surface area contributed by atoms with Gasteiger partial charge in [-0.15, -0.1) is 0 Å². The number of likely N-dealkylation sites (tertiary alicyclic amines) is 1. The Labute approximate surface area is 180 Å². The Morgan fingerprint density at radius 3 is 2.63 bits per heavy atom. The van der Waals surface area contributed by atoms with E-state index in [-0.39, 0.29) is 16.6 Å². The average Bonchev–Trinajstić information content (AvgIpc) is 3.15. The van der Waals surface area contributed by atoms with Gasteiger partial charge in [0.25, 0.3) is 0 Å². The van der Waals surface area contributed by atoms with E-state index < -0.39 is 10.0 Å². The van der Waals surface area contributed by atoms with Crippen molar-refractivity contribution in [1.82, 2.24) is 14.8 Å². The fraction of sp³-hybridized carbons (Fsp3) is 0.381. The molecule has 6 nitrogen and oxygen atoms in total. The van der Waals surface area contributed by atoms with Crippen LogP contribution in [0.15, 0.2) is 51.9 Å². The van der Waals surface area contributed by atoms with Gasteiger partial charge in [-0.05, 0) is 75.3 Å². The van der Waals surface area contributed by atoms with Crippen LogP contribution in [-0.2, 0) is 10.0 Å². The van der Waals surface area contributed by atoms with E-state index in [1.54, 1.807) is 18.2 Å². The standard InChI is InChI=1S/C21H23ClFN3O3S/c22-16-2-5-18(6-3-16)30(27,28)24-10-1-11-26-12-8-15(9-13-26)21-19-7-4-17(23)14-20(19)29-25-21/h2-7,14-15,24H,1,8-13H2. The molecule has 1 N–H and O–H groups in total. The molecule has 0 atom stereocenters. The maximum Gasteiger partial charge on any atom is 0.240 e. The summed E-state index contributed by atoms with van der Waals surface area (Å²) in [5.41, 5.74) is 1.39. The molecule has 0 amide bonds. The lowest BCUT2D eigenvalue weighted by atomic mass is 9.91. The number of aromatic nitrogens is 1. The molecular formula is C21H23ClFN3O3S. The summed E-state index contributed by atoms with van der Waals surface area (Å²) >= 11 is 5.81. The Bertz CT molecular complexity index is 1110.